The molecule has 6 heteroatoms. The maximum absolute atomic E-state index is 12.9. The van der Waals surface area contributed by atoms with Gasteiger partial charge >= 0.3 is 0 Å². The molecule has 4 rings (SSSR count). The zero-order chi connectivity index (χ0) is 22.5. The second kappa shape index (κ2) is 9.75. The summed E-state index contributed by atoms with van der Waals surface area (Å²) in [6.07, 6.45) is 0.828. The van der Waals surface area contributed by atoms with Crippen molar-refractivity contribution in [2.24, 2.45) is 0 Å². The van der Waals surface area contributed by atoms with Crippen LogP contribution in [-0.4, -0.2) is 45.2 Å². The number of fused-ring (bicyclic) bond motifs is 1. The van der Waals surface area contributed by atoms with E-state index in [1.54, 1.807) is 21.3 Å². The van der Waals surface area contributed by atoms with Gasteiger partial charge < -0.3 is 19.5 Å². The molecule has 1 aliphatic heterocycles. The minimum Gasteiger partial charge on any atom is -0.497 e. The van der Waals surface area contributed by atoms with Gasteiger partial charge in [-0.05, 0) is 59.5 Å². The molecule has 0 saturated carbocycles. The quantitative estimate of drug-likeness (QED) is 0.603. The fraction of sp³-hybridized carbons (Fsp3) is 0.269. The smallest absolute Gasteiger partial charge is 0.238 e. The Kier molecular flexibility index (Phi) is 6.61. The highest BCUT2D eigenvalue weighted by Crippen LogP contribution is 2.40. The number of hydrogen-bond acceptors (Lipinski definition) is 5. The van der Waals surface area contributed by atoms with Crippen LogP contribution in [0.4, 0.5) is 5.69 Å². The second-order valence-electron chi connectivity index (χ2n) is 7.72. The summed E-state index contributed by atoms with van der Waals surface area (Å²) in [4.78, 5) is 15.1. The number of nitrogens with zero attached hydrogens (tertiary/aromatic N) is 1. The number of anilines is 1. The zero-order valence-electron chi connectivity index (χ0n) is 18.6. The molecular weight excluding hydrogens is 404 g/mol. The van der Waals surface area contributed by atoms with Gasteiger partial charge in [0.2, 0.25) is 5.91 Å². The number of carbonyl (C=O) groups is 1. The molecule has 0 aromatic heterocycles. The molecule has 1 amide bonds. The van der Waals surface area contributed by atoms with E-state index in [0.717, 1.165) is 41.3 Å². The Hall–Kier alpha value is -3.51. The summed E-state index contributed by atoms with van der Waals surface area (Å²) in [5.74, 6) is 2.12. The molecule has 0 bridgehead atoms. The first-order chi connectivity index (χ1) is 15.6. The van der Waals surface area contributed by atoms with E-state index in [-0.39, 0.29) is 18.5 Å². The Morgan fingerprint density at radius 1 is 0.938 bits per heavy atom. The van der Waals surface area contributed by atoms with Crippen molar-refractivity contribution in [3.63, 3.8) is 0 Å². The second-order valence-corrected chi connectivity index (χ2v) is 7.72. The third kappa shape index (κ3) is 4.55. The van der Waals surface area contributed by atoms with E-state index >= 15 is 0 Å². The number of carbonyl (C=O) groups excluding carboxylic acids is 1. The van der Waals surface area contributed by atoms with Crippen LogP contribution in [0.3, 0.4) is 0 Å². The van der Waals surface area contributed by atoms with Crippen molar-refractivity contribution in [2.45, 2.75) is 12.5 Å². The molecule has 0 saturated heterocycles. The van der Waals surface area contributed by atoms with Crippen molar-refractivity contribution in [1.82, 2.24) is 4.90 Å². The Balaban J connectivity index is 1.62. The highest BCUT2D eigenvalue weighted by molar-refractivity contribution is 5.92. The number of ether oxygens (including phenoxy) is 3. The van der Waals surface area contributed by atoms with Crippen LogP contribution >= 0.6 is 0 Å². The number of amides is 1. The monoisotopic (exact) mass is 432 g/mol. The van der Waals surface area contributed by atoms with Crippen molar-refractivity contribution in [3.8, 4) is 17.2 Å². The highest BCUT2D eigenvalue weighted by Gasteiger charge is 2.31. The average Bonchev–Trinajstić information content (AvgIpc) is 2.84. The van der Waals surface area contributed by atoms with Gasteiger partial charge in [-0.25, -0.2) is 0 Å². The van der Waals surface area contributed by atoms with E-state index < -0.39 is 0 Å². The molecule has 6 nitrogen and oxygen atoms in total. The highest BCUT2D eigenvalue weighted by atomic mass is 16.5. The summed E-state index contributed by atoms with van der Waals surface area (Å²) in [6.45, 7) is 1.04. The van der Waals surface area contributed by atoms with Crippen molar-refractivity contribution in [1.29, 1.82) is 0 Å². The predicted octanol–water partition coefficient (Wildman–Crippen LogP) is 4.30. The molecule has 3 aromatic carbocycles. The summed E-state index contributed by atoms with van der Waals surface area (Å²) >= 11 is 0. The Morgan fingerprint density at radius 2 is 1.62 bits per heavy atom. The summed E-state index contributed by atoms with van der Waals surface area (Å²) in [5.41, 5.74) is 4.23. The van der Waals surface area contributed by atoms with E-state index in [0.29, 0.717) is 5.75 Å². The topological polar surface area (TPSA) is 60.0 Å². The lowest BCUT2D eigenvalue weighted by atomic mass is 9.87. The van der Waals surface area contributed by atoms with E-state index in [1.165, 1.54) is 5.56 Å². The molecule has 166 valence electrons. The number of benzene rings is 3. The Bertz CT molecular complexity index is 1070. The van der Waals surface area contributed by atoms with Crippen LogP contribution in [0.2, 0.25) is 0 Å². The Labute approximate surface area is 188 Å². The summed E-state index contributed by atoms with van der Waals surface area (Å²) in [6, 6.07) is 21.7. The third-order valence-corrected chi connectivity index (χ3v) is 5.81. The van der Waals surface area contributed by atoms with Gasteiger partial charge in [0.1, 0.15) is 5.75 Å². The van der Waals surface area contributed by atoms with E-state index in [9.17, 15) is 4.79 Å². The van der Waals surface area contributed by atoms with Gasteiger partial charge in [0.25, 0.3) is 0 Å². The van der Waals surface area contributed by atoms with Gasteiger partial charge in [0, 0.05) is 12.2 Å². The van der Waals surface area contributed by atoms with E-state index in [4.69, 9.17) is 14.2 Å². The summed E-state index contributed by atoms with van der Waals surface area (Å²) in [7, 11) is 4.91. The first-order valence-corrected chi connectivity index (χ1v) is 10.6. The van der Waals surface area contributed by atoms with E-state index in [1.807, 2.05) is 48.5 Å². The number of rotatable bonds is 7. The molecule has 0 spiro atoms. The number of nitrogens with one attached hydrogen (secondary N) is 1. The molecule has 1 atom stereocenters. The van der Waals surface area contributed by atoms with Gasteiger partial charge in [-0.15, -0.1) is 0 Å². The van der Waals surface area contributed by atoms with Crippen LogP contribution in [0.15, 0.2) is 66.7 Å². The van der Waals surface area contributed by atoms with Crippen LogP contribution in [-0.2, 0) is 11.2 Å². The molecule has 1 unspecified atom stereocenters. The lowest BCUT2D eigenvalue weighted by Crippen LogP contribution is -2.41. The SMILES string of the molecule is COc1ccc(NC(=O)CN2CCc3cc(OC)c(OC)cc3C2c2ccccc2)cc1. The molecule has 1 heterocycles. The molecule has 0 aliphatic carbocycles. The first-order valence-electron chi connectivity index (χ1n) is 10.6. The van der Waals surface area contributed by atoms with Gasteiger partial charge in [-0.2, -0.15) is 0 Å². The fourth-order valence-electron chi connectivity index (χ4n) is 4.25. The minimum atomic E-state index is -0.0555. The molecule has 32 heavy (non-hydrogen) atoms. The fourth-order valence-corrected chi connectivity index (χ4v) is 4.25. The van der Waals surface area contributed by atoms with Crippen LogP contribution in [0, 0.1) is 0 Å². The van der Waals surface area contributed by atoms with Crippen molar-refractivity contribution in [2.75, 3.05) is 39.7 Å². The van der Waals surface area contributed by atoms with Gasteiger partial charge in [0.05, 0.1) is 33.9 Å². The van der Waals surface area contributed by atoms with Crippen LogP contribution in [0.25, 0.3) is 0 Å². The summed E-state index contributed by atoms with van der Waals surface area (Å²) in [5, 5.41) is 3.00. The largest absolute Gasteiger partial charge is 0.497 e. The van der Waals surface area contributed by atoms with Gasteiger partial charge in [0.15, 0.2) is 11.5 Å². The molecule has 1 aliphatic rings. The van der Waals surface area contributed by atoms with Crippen LogP contribution < -0.4 is 19.5 Å². The summed E-state index contributed by atoms with van der Waals surface area (Å²) < 4.78 is 16.3. The number of methoxy groups -OCH3 is 3. The van der Waals surface area contributed by atoms with Crippen molar-refractivity contribution in [3.05, 3.63) is 83.4 Å². The van der Waals surface area contributed by atoms with Crippen LogP contribution in [0.5, 0.6) is 17.2 Å². The van der Waals surface area contributed by atoms with Gasteiger partial charge in [-0.3, -0.25) is 9.69 Å². The zero-order valence-corrected chi connectivity index (χ0v) is 18.6. The lowest BCUT2D eigenvalue weighted by molar-refractivity contribution is -0.117. The predicted molar refractivity (Wildman–Crippen MR) is 125 cm³/mol. The minimum absolute atomic E-state index is 0.0543. The van der Waals surface area contributed by atoms with Gasteiger partial charge in [-0.1, -0.05) is 30.3 Å². The molecule has 0 fully saturated rings. The molecule has 3 aromatic rings. The lowest BCUT2D eigenvalue weighted by Gasteiger charge is -2.37. The van der Waals surface area contributed by atoms with Crippen molar-refractivity contribution >= 4 is 11.6 Å². The first kappa shape index (κ1) is 21.7. The van der Waals surface area contributed by atoms with E-state index in [2.05, 4.69) is 28.4 Å². The molecular formula is C26H28N2O4. The molecule has 1 N–H and O–H groups in total. The number of hydrogen-bond donors (Lipinski definition) is 1. The maximum atomic E-state index is 12.9. The average molecular weight is 433 g/mol. The normalized spacial score (nSPS) is 15.5. The molecule has 0 radical (unpaired) electrons. The van der Waals surface area contributed by atoms with Crippen molar-refractivity contribution < 1.29 is 19.0 Å². The maximum Gasteiger partial charge on any atom is 0.238 e. The Morgan fingerprint density at radius 3 is 2.28 bits per heavy atom. The third-order valence-electron chi connectivity index (χ3n) is 5.81. The van der Waals surface area contributed by atoms with Crippen LogP contribution in [0.1, 0.15) is 22.7 Å². The standard InChI is InChI=1S/C26H28N2O4/c1-30-21-11-9-20(10-12-21)27-25(29)17-28-14-13-19-15-23(31-2)24(32-3)16-22(19)26(28)18-7-5-4-6-8-18/h4-12,15-16,26H,13-14,17H2,1-3H3,(H,27,29).